The second-order valence-corrected chi connectivity index (χ2v) is 10.9. The van der Waals surface area contributed by atoms with Crippen LogP contribution in [0, 0.1) is 6.92 Å². The molecule has 9 nitrogen and oxygen atoms in total. The molecule has 0 saturated heterocycles. The largest absolute Gasteiger partial charge is 0.475 e. The normalized spacial score (nSPS) is 13.0. The summed E-state index contributed by atoms with van der Waals surface area (Å²) >= 11 is 2.29. The Balaban J connectivity index is 1.88. The van der Waals surface area contributed by atoms with Crippen LogP contribution in [0.15, 0.2) is 18.8 Å². The van der Waals surface area contributed by atoms with E-state index in [9.17, 15) is 4.79 Å². The molecule has 0 aromatic carbocycles. The van der Waals surface area contributed by atoms with E-state index in [-0.39, 0.29) is 12.6 Å². The van der Waals surface area contributed by atoms with Crippen LogP contribution in [-0.4, -0.2) is 60.6 Å². The van der Waals surface area contributed by atoms with Gasteiger partial charge in [-0.1, -0.05) is 6.58 Å². The van der Waals surface area contributed by atoms with Crippen LogP contribution in [0.5, 0.6) is 5.88 Å². The number of halogens is 1. The topological polar surface area (TPSA) is 87.3 Å². The lowest BCUT2D eigenvalue weighted by Crippen LogP contribution is -2.42. The van der Waals surface area contributed by atoms with Crippen molar-refractivity contribution in [3.63, 3.8) is 0 Å². The van der Waals surface area contributed by atoms with Crippen molar-refractivity contribution in [3.05, 3.63) is 30.2 Å². The Morgan fingerprint density at radius 1 is 1.39 bits per heavy atom. The molecule has 0 aliphatic carbocycles. The zero-order chi connectivity index (χ0) is 24.5. The maximum absolute atomic E-state index is 12.4. The van der Waals surface area contributed by atoms with Crippen LogP contribution < -0.4 is 4.74 Å². The van der Waals surface area contributed by atoms with E-state index in [0.29, 0.717) is 12.3 Å². The van der Waals surface area contributed by atoms with Crippen LogP contribution >= 0.6 is 28.4 Å². The second-order valence-electron chi connectivity index (χ2n) is 8.81. The molecule has 0 aliphatic heterocycles. The Hall–Kier alpha value is -2.20. The third-order valence-electron chi connectivity index (χ3n) is 5.10. The summed E-state index contributed by atoms with van der Waals surface area (Å²) < 4.78 is 15.2. The van der Waals surface area contributed by atoms with Gasteiger partial charge in [-0.25, -0.2) is 13.9 Å². The summed E-state index contributed by atoms with van der Waals surface area (Å²) in [5.41, 5.74) is 3.57. The van der Waals surface area contributed by atoms with Gasteiger partial charge in [0.25, 0.3) is 0 Å². The fourth-order valence-electron chi connectivity index (χ4n) is 3.31. The van der Waals surface area contributed by atoms with E-state index in [1.807, 2.05) is 58.4 Å². The van der Waals surface area contributed by atoms with Crippen LogP contribution in [0.2, 0.25) is 0 Å². The molecule has 2 unspecified atom stereocenters. The van der Waals surface area contributed by atoms with E-state index >= 15 is 0 Å². The molecule has 178 valence electrons. The number of pyridine rings is 1. The molecule has 11 heteroatoms. The number of nitrogens with zero attached hydrogens (tertiary/aromatic N) is 6. The summed E-state index contributed by atoms with van der Waals surface area (Å²) in [7, 11) is 3.53. The quantitative estimate of drug-likeness (QED) is 0.280. The van der Waals surface area contributed by atoms with Crippen LogP contribution in [0.4, 0.5) is 4.79 Å². The third-order valence-corrected chi connectivity index (χ3v) is 6.97. The fourth-order valence-corrected chi connectivity index (χ4v) is 4.83. The number of rotatable bonds is 7. The Morgan fingerprint density at radius 3 is 2.70 bits per heavy atom. The number of hydrogen-bond acceptors (Lipinski definition) is 6. The molecule has 1 amide bonds. The number of likely N-dealkylation sites (N-methyl/N-ethyl adjacent to an activating group) is 1. The predicted octanol–water partition coefficient (Wildman–Crippen LogP) is 5.21. The molecule has 2 atom stereocenters. The Morgan fingerprint density at radius 2 is 2.09 bits per heavy atom. The van der Waals surface area contributed by atoms with Crippen molar-refractivity contribution in [1.29, 1.82) is 0 Å². The first-order chi connectivity index (χ1) is 15.5. The summed E-state index contributed by atoms with van der Waals surface area (Å²) in [6.45, 7) is 13.5. The highest BCUT2D eigenvalue weighted by Crippen LogP contribution is 2.36. The fraction of sp³-hybridized carbons (Fsp3) is 0.455. The monoisotopic (exact) mass is 584 g/mol. The lowest BCUT2D eigenvalue weighted by molar-refractivity contribution is 0.0192. The minimum atomic E-state index is -0.557. The third kappa shape index (κ3) is 5.48. The minimum Gasteiger partial charge on any atom is -0.475 e. The number of ether oxygens (including phenoxy) is 2. The summed E-state index contributed by atoms with van der Waals surface area (Å²) in [5, 5.41) is 10.1. The highest BCUT2D eigenvalue weighted by atomic mass is 127. The van der Waals surface area contributed by atoms with E-state index in [1.54, 1.807) is 17.8 Å². The van der Waals surface area contributed by atoms with Crippen molar-refractivity contribution < 1.29 is 14.3 Å². The number of carbonyl (C=O) groups excluding carboxylic acids is 1. The first kappa shape index (κ1) is 25.4. The molecule has 0 bridgehead atoms. The van der Waals surface area contributed by atoms with Gasteiger partial charge in [0.05, 0.1) is 46.8 Å². The number of amides is 1. The maximum atomic E-state index is 12.4. The summed E-state index contributed by atoms with van der Waals surface area (Å²) in [6.07, 6.45) is 3.65. The average molecular weight is 584 g/mol. The van der Waals surface area contributed by atoms with Gasteiger partial charge in [0.2, 0.25) is 5.88 Å². The molecule has 0 saturated carbocycles. The molecule has 0 aliphatic rings. The summed E-state index contributed by atoms with van der Waals surface area (Å²) in [6, 6.07) is 1.79. The summed E-state index contributed by atoms with van der Waals surface area (Å²) in [5.74, 6) is 0.590. The van der Waals surface area contributed by atoms with Gasteiger partial charge in [0.1, 0.15) is 12.2 Å². The molecule has 0 N–H and O–H groups in total. The maximum Gasteiger partial charge on any atom is 0.410 e. The molecule has 33 heavy (non-hydrogen) atoms. The average Bonchev–Trinajstić information content (AvgIpc) is 3.25. The zero-order valence-electron chi connectivity index (χ0n) is 20.0. The van der Waals surface area contributed by atoms with Crippen LogP contribution in [-0.2, 0) is 11.8 Å². The van der Waals surface area contributed by atoms with E-state index in [0.717, 1.165) is 33.5 Å². The zero-order valence-corrected chi connectivity index (χ0v) is 23.2. The number of aromatic nitrogens is 5. The standard InChI is InChI=1S/C22H30IN6O3P/c1-9-16-15-10-17(24-11-18(15)29(26-16)33-23)19-14(3)25-28(8)20(19)31-12-13(2)27(7)21(30)32-22(4,5)6/h9-11,13,33H,1,12H2,2-8H3. The van der Waals surface area contributed by atoms with Crippen molar-refractivity contribution in [2.75, 3.05) is 13.7 Å². The number of carbonyl (C=O) groups is 1. The smallest absolute Gasteiger partial charge is 0.410 e. The van der Waals surface area contributed by atoms with Crippen LogP contribution in [0.1, 0.15) is 39.1 Å². The van der Waals surface area contributed by atoms with E-state index in [1.165, 1.54) is 4.90 Å². The van der Waals surface area contributed by atoms with Crippen molar-refractivity contribution in [2.24, 2.45) is 7.05 Å². The highest BCUT2D eigenvalue weighted by Gasteiger charge is 2.25. The molecule has 0 radical (unpaired) electrons. The SMILES string of the molecule is C=Cc1nn(PI)c2cnc(-c3c(C)nn(C)c3OCC(C)N(C)C(=O)OC(C)(C)C)cc12. The van der Waals surface area contributed by atoms with Crippen molar-refractivity contribution in [1.82, 2.24) is 29.2 Å². The van der Waals surface area contributed by atoms with Gasteiger partial charge in [0, 0.05) is 19.5 Å². The van der Waals surface area contributed by atoms with E-state index in [2.05, 4.69) is 43.8 Å². The molecule has 0 fully saturated rings. The first-order valence-corrected chi connectivity index (χ1v) is 14.5. The van der Waals surface area contributed by atoms with E-state index < -0.39 is 11.7 Å². The molecule has 0 spiro atoms. The Bertz CT molecular complexity index is 1180. The molecule has 3 rings (SSSR count). The molecular formula is C22H30IN6O3P. The van der Waals surface area contributed by atoms with Crippen LogP contribution in [0.25, 0.3) is 28.2 Å². The lowest BCUT2D eigenvalue weighted by atomic mass is 10.1. The van der Waals surface area contributed by atoms with Gasteiger partial charge in [-0.2, -0.15) is 10.2 Å². The molecule has 3 aromatic rings. The van der Waals surface area contributed by atoms with E-state index in [4.69, 9.17) is 9.47 Å². The van der Waals surface area contributed by atoms with Gasteiger partial charge >= 0.3 is 6.09 Å². The van der Waals surface area contributed by atoms with Crippen molar-refractivity contribution in [3.8, 4) is 17.1 Å². The Kier molecular flexibility index (Phi) is 7.68. The highest BCUT2D eigenvalue weighted by molar-refractivity contribution is 14.2. The van der Waals surface area contributed by atoms with Gasteiger partial charge in [-0.15, -0.1) is 0 Å². The van der Waals surface area contributed by atoms with Crippen molar-refractivity contribution in [2.45, 2.75) is 46.3 Å². The Labute approximate surface area is 208 Å². The molecular weight excluding hydrogens is 554 g/mol. The number of fused-ring (bicyclic) bond motifs is 1. The van der Waals surface area contributed by atoms with Crippen LogP contribution in [0.3, 0.4) is 0 Å². The first-order valence-electron chi connectivity index (χ1n) is 10.5. The van der Waals surface area contributed by atoms with Crippen molar-refractivity contribution >= 4 is 51.5 Å². The second kappa shape index (κ2) is 9.97. The van der Waals surface area contributed by atoms with Gasteiger partial charge in [-0.3, -0.25) is 4.98 Å². The van der Waals surface area contributed by atoms with Gasteiger partial charge < -0.3 is 14.4 Å². The number of hydrogen-bond donors (Lipinski definition) is 0. The molecule has 3 aromatic heterocycles. The summed E-state index contributed by atoms with van der Waals surface area (Å²) in [4.78, 5) is 18.6. The van der Waals surface area contributed by atoms with Gasteiger partial charge in [0.15, 0.2) is 0 Å². The minimum absolute atomic E-state index is 0.214. The molecule has 3 heterocycles. The number of aryl methyl sites for hydroxylation is 2. The lowest BCUT2D eigenvalue weighted by Gasteiger charge is -2.28. The predicted molar refractivity (Wildman–Crippen MR) is 141 cm³/mol. The van der Waals surface area contributed by atoms with Gasteiger partial charge in [-0.05, 0) is 68.8 Å².